The summed E-state index contributed by atoms with van der Waals surface area (Å²) < 4.78 is 21.0. The Labute approximate surface area is 148 Å². The number of aromatic nitrogens is 5. The van der Waals surface area contributed by atoms with Crippen LogP contribution in [0.15, 0.2) is 43.1 Å². The molecule has 134 valence electrons. The maximum absolute atomic E-state index is 13.8. The lowest BCUT2D eigenvalue weighted by atomic mass is 10.1. The Morgan fingerprint density at radius 1 is 1.31 bits per heavy atom. The Morgan fingerprint density at radius 3 is 2.92 bits per heavy atom. The maximum atomic E-state index is 13.8. The third-order valence-corrected chi connectivity index (χ3v) is 4.21. The van der Waals surface area contributed by atoms with Crippen LogP contribution in [0.4, 0.5) is 4.39 Å². The van der Waals surface area contributed by atoms with Crippen LogP contribution in [0, 0.1) is 0 Å². The molecule has 0 aliphatic carbocycles. The summed E-state index contributed by atoms with van der Waals surface area (Å²) in [4.78, 5) is 8.06. The van der Waals surface area contributed by atoms with Gasteiger partial charge in [0.25, 0.3) is 0 Å². The molecule has 0 radical (unpaired) electrons. The summed E-state index contributed by atoms with van der Waals surface area (Å²) in [5, 5.41) is 21.2. The quantitative estimate of drug-likeness (QED) is 0.731. The van der Waals surface area contributed by atoms with Crippen molar-refractivity contribution in [1.82, 2.24) is 30.0 Å². The van der Waals surface area contributed by atoms with Gasteiger partial charge in [-0.2, -0.15) is 0 Å². The van der Waals surface area contributed by atoms with Crippen LogP contribution in [0.3, 0.4) is 0 Å². The molecule has 4 rings (SSSR count). The average Bonchev–Trinajstić information content (AvgIpc) is 3.19. The lowest BCUT2D eigenvalue weighted by molar-refractivity contribution is 0.0643. The second-order valence-corrected chi connectivity index (χ2v) is 5.96. The molecule has 26 heavy (non-hydrogen) atoms. The number of phenolic OH excluding ortho intramolecular Hbond substituents is 1. The SMILES string of the molecule is Oc1cc(-n2ccnc2)ccc1-c1cnc(O[C@H]2CCNC[C@@H]2F)nn1. The Balaban J connectivity index is 1.51. The topological polar surface area (TPSA) is 98.0 Å². The number of nitrogens with zero attached hydrogens (tertiary/aromatic N) is 5. The number of phenols is 1. The van der Waals surface area contributed by atoms with Crippen LogP contribution < -0.4 is 10.1 Å². The highest BCUT2D eigenvalue weighted by molar-refractivity contribution is 5.67. The van der Waals surface area contributed by atoms with Gasteiger partial charge in [-0.1, -0.05) is 5.10 Å². The number of nitrogens with one attached hydrogen (secondary N) is 1. The van der Waals surface area contributed by atoms with Gasteiger partial charge in [-0.3, -0.25) is 0 Å². The van der Waals surface area contributed by atoms with Crippen LogP contribution in [0.1, 0.15) is 6.42 Å². The summed E-state index contributed by atoms with van der Waals surface area (Å²) >= 11 is 0. The van der Waals surface area contributed by atoms with E-state index in [1.54, 1.807) is 35.4 Å². The molecule has 0 saturated carbocycles. The van der Waals surface area contributed by atoms with Crippen molar-refractivity contribution in [1.29, 1.82) is 0 Å². The normalized spacial score (nSPS) is 20.0. The highest BCUT2D eigenvalue weighted by Crippen LogP contribution is 2.29. The first kappa shape index (κ1) is 16.4. The Bertz CT molecular complexity index is 871. The summed E-state index contributed by atoms with van der Waals surface area (Å²) in [6.07, 6.45) is 5.38. The number of benzene rings is 1. The third-order valence-electron chi connectivity index (χ3n) is 4.21. The zero-order valence-corrected chi connectivity index (χ0v) is 13.8. The van der Waals surface area contributed by atoms with Crippen molar-refractivity contribution in [3.8, 4) is 28.7 Å². The van der Waals surface area contributed by atoms with Gasteiger partial charge in [0.15, 0.2) is 0 Å². The predicted octanol–water partition coefficient (Wildman–Crippen LogP) is 1.51. The molecule has 1 aliphatic heterocycles. The van der Waals surface area contributed by atoms with E-state index < -0.39 is 12.3 Å². The number of halogens is 1. The second kappa shape index (κ2) is 7.04. The van der Waals surface area contributed by atoms with Crippen LogP contribution in [-0.4, -0.2) is 55.2 Å². The molecule has 3 heterocycles. The first-order valence-corrected chi connectivity index (χ1v) is 8.23. The number of rotatable bonds is 4. The summed E-state index contributed by atoms with van der Waals surface area (Å²) in [7, 11) is 0. The molecule has 2 aromatic heterocycles. The van der Waals surface area contributed by atoms with Crippen molar-refractivity contribution in [2.45, 2.75) is 18.7 Å². The van der Waals surface area contributed by atoms with Gasteiger partial charge in [0, 0.05) is 30.6 Å². The van der Waals surface area contributed by atoms with E-state index in [4.69, 9.17) is 4.74 Å². The fourth-order valence-corrected chi connectivity index (χ4v) is 2.82. The lowest BCUT2D eigenvalue weighted by Gasteiger charge is -2.26. The molecule has 2 N–H and O–H groups in total. The van der Waals surface area contributed by atoms with Crippen LogP contribution in [0.25, 0.3) is 16.9 Å². The van der Waals surface area contributed by atoms with E-state index in [0.717, 1.165) is 5.69 Å². The summed E-state index contributed by atoms with van der Waals surface area (Å²) in [6.45, 7) is 0.945. The largest absolute Gasteiger partial charge is 0.507 e. The van der Waals surface area contributed by atoms with E-state index >= 15 is 0 Å². The first-order chi connectivity index (χ1) is 12.7. The van der Waals surface area contributed by atoms with Gasteiger partial charge in [-0.25, -0.2) is 14.4 Å². The molecule has 9 heteroatoms. The second-order valence-electron chi connectivity index (χ2n) is 5.96. The van der Waals surface area contributed by atoms with E-state index in [0.29, 0.717) is 24.2 Å². The zero-order valence-electron chi connectivity index (χ0n) is 13.8. The van der Waals surface area contributed by atoms with Gasteiger partial charge in [0.2, 0.25) is 0 Å². The fraction of sp³-hybridized carbons (Fsp3) is 0.294. The van der Waals surface area contributed by atoms with E-state index in [9.17, 15) is 9.50 Å². The molecule has 1 aliphatic rings. The molecular weight excluding hydrogens is 339 g/mol. The molecule has 2 atom stereocenters. The third kappa shape index (κ3) is 3.33. The van der Waals surface area contributed by atoms with Gasteiger partial charge in [-0.15, -0.1) is 5.10 Å². The standard InChI is InChI=1S/C17H17FN6O2/c18-13-8-19-4-3-16(13)26-17-21-9-14(22-23-17)12-2-1-11(7-15(12)25)24-6-5-20-10-24/h1-2,5-7,9-10,13,16,19,25H,3-4,8H2/t13-,16-/m0/s1. The van der Waals surface area contributed by atoms with E-state index in [-0.39, 0.29) is 18.3 Å². The molecule has 1 aromatic carbocycles. The Morgan fingerprint density at radius 2 is 2.23 bits per heavy atom. The Hall–Kier alpha value is -3.07. The predicted molar refractivity (Wildman–Crippen MR) is 90.8 cm³/mol. The van der Waals surface area contributed by atoms with E-state index in [1.165, 1.54) is 6.20 Å². The highest BCUT2D eigenvalue weighted by atomic mass is 19.1. The molecule has 0 spiro atoms. The van der Waals surface area contributed by atoms with Crippen LogP contribution in [-0.2, 0) is 0 Å². The molecular formula is C17H17FN6O2. The minimum absolute atomic E-state index is 0.0258. The summed E-state index contributed by atoms with van der Waals surface area (Å²) in [5.41, 5.74) is 1.66. The molecule has 0 unspecified atom stereocenters. The Kier molecular flexibility index (Phi) is 4.44. The van der Waals surface area contributed by atoms with Crippen LogP contribution in [0.5, 0.6) is 11.8 Å². The molecule has 1 fully saturated rings. The highest BCUT2D eigenvalue weighted by Gasteiger charge is 2.27. The minimum atomic E-state index is -1.10. The molecule has 0 amide bonds. The van der Waals surface area contributed by atoms with Crippen molar-refractivity contribution in [3.05, 3.63) is 43.1 Å². The average molecular weight is 356 g/mol. The van der Waals surface area contributed by atoms with Gasteiger partial charge < -0.3 is 19.7 Å². The van der Waals surface area contributed by atoms with E-state index in [1.807, 2.05) is 6.07 Å². The van der Waals surface area contributed by atoms with Crippen molar-refractivity contribution in [2.24, 2.45) is 0 Å². The number of piperidine rings is 1. The molecule has 0 bridgehead atoms. The first-order valence-electron chi connectivity index (χ1n) is 8.23. The van der Waals surface area contributed by atoms with Crippen LogP contribution in [0.2, 0.25) is 0 Å². The van der Waals surface area contributed by atoms with Crippen molar-refractivity contribution in [3.63, 3.8) is 0 Å². The lowest BCUT2D eigenvalue weighted by Crippen LogP contribution is -2.44. The van der Waals surface area contributed by atoms with Gasteiger partial charge in [0.1, 0.15) is 23.7 Å². The minimum Gasteiger partial charge on any atom is -0.507 e. The van der Waals surface area contributed by atoms with Crippen molar-refractivity contribution >= 4 is 0 Å². The number of imidazole rings is 1. The summed E-state index contributed by atoms with van der Waals surface area (Å²) in [6, 6.07) is 5.18. The number of hydrogen-bond acceptors (Lipinski definition) is 7. The summed E-state index contributed by atoms with van der Waals surface area (Å²) in [5.74, 6) is 0.0446. The van der Waals surface area contributed by atoms with Gasteiger partial charge in [-0.05, 0) is 25.1 Å². The van der Waals surface area contributed by atoms with Crippen molar-refractivity contribution in [2.75, 3.05) is 13.1 Å². The fourth-order valence-electron chi connectivity index (χ4n) is 2.82. The van der Waals surface area contributed by atoms with Crippen molar-refractivity contribution < 1.29 is 14.2 Å². The number of alkyl halides is 1. The maximum Gasteiger partial charge on any atom is 0.336 e. The monoisotopic (exact) mass is 356 g/mol. The smallest absolute Gasteiger partial charge is 0.336 e. The molecule has 8 nitrogen and oxygen atoms in total. The zero-order chi connectivity index (χ0) is 17.9. The number of hydrogen-bond donors (Lipinski definition) is 2. The number of ether oxygens (including phenoxy) is 1. The van der Waals surface area contributed by atoms with Crippen LogP contribution >= 0.6 is 0 Å². The molecule has 3 aromatic rings. The van der Waals surface area contributed by atoms with E-state index in [2.05, 4.69) is 25.5 Å². The molecule has 1 saturated heterocycles. The van der Waals surface area contributed by atoms with Gasteiger partial charge in [0.05, 0.1) is 18.2 Å². The van der Waals surface area contributed by atoms with Gasteiger partial charge >= 0.3 is 6.01 Å². The number of aromatic hydroxyl groups is 1.